The molecule has 19 heavy (non-hydrogen) atoms. The molecule has 0 aromatic heterocycles. The molecule has 3 heteroatoms. The quantitative estimate of drug-likeness (QED) is 0.777. The maximum atomic E-state index is 13.6. The molecular formula is C16H23BrFN. The highest BCUT2D eigenvalue weighted by Gasteiger charge is 2.30. The Labute approximate surface area is 124 Å². The van der Waals surface area contributed by atoms with Crippen LogP contribution in [0.5, 0.6) is 0 Å². The molecule has 1 aliphatic rings. The number of benzene rings is 1. The van der Waals surface area contributed by atoms with Crippen LogP contribution in [0.25, 0.3) is 0 Å². The van der Waals surface area contributed by atoms with Crippen LogP contribution >= 0.6 is 15.9 Å². The lowest BCUT2D eigenvalue weighted by molar-refractivity contribution is 0.212. The molecule has 1 N–H and O–H groups in total. The van der Waals surface area contributed by atoms with Gasteiger partial charge < -0.3 is 5.32 Å². The topological polar surface area (TPSA) is 12.0 Å². The molecule has 1 saturated carbocycles. The summed E-state index contributed by atoms with van der Waals surface area (Å²) in [5, 5.41) is 3.55. The van der Waals surface area contributed by atoms with Gasteiger partial charge in [-0.2, -0.15) is 0 Å². The summed E-state index contributed by atoms with van der Waals surface area (Å²) in [5.74, 6) is 1.91. The zero-order chi connectivity index (χ0) is 14.0. The highest BCUT2D eigenvalue weighted by atomic mass is 79.9. The normalized spacial score (nSPS) is 27.6. The van der Waals surface area contributed by atoms with E-state index in [9.17, 15) is 4.39 Å². The van der Waals surface area contributed by atoms with E-state index in [1.807, 2.05) is 6.07 Å². The summed E-state index contributed by atoms with van der Waals surface area (Å²) in [7, 11) is 0. The number of hydrogen-bond acceptors (Lipinski definition) is 1. The van der Waals surface area contributed by atoms with Gasteiger partial charge in [-0.3, -0.25) is 0 Å². The van der Waals surface area contributed by atoms with E-state index in [0.29, 0.717) is 22.4 Å². The Balaban J connectivity index is 2.11. The molecule has 1 aromatic rings. The molecule has 0 radical (unpaired) electrons. The molecule has 2 rings (SSSR count). The van der Waals surface area contributed by atoms with Crippen molar-refractivity contribution in [3.63, 3.8) is 0 Å². The molecule has 0 amide bonds. The molecule has 106 valence electrons. The third-order valence-corrected chi connectivity index (χ3v) is 4.94. The van der Waals surface area contributed by atoms with Crippen molar-refractivity contribution in [3.8, 4) is 0 Å². The first kappa shape index (κ1) is 14.8. The number of anilines is 1. The first-order valence-electron chi connectivity index (χ1n) is 7.19. The van der Waals surface area contributed by atoms with Gasteiger partial charge in [0.05, 0.1) is 4.47 Å². The van der Waals surface area contributed by atoms with E-state index in [0.717, 1.165) is 11.6 Å². The summed E-state index contributed by atoms with van der Waals surface area (Å²) in [6.07, 6.45) is 3.77. The fourth-order valence-corrected chi connectivity index (χ4v) is 3.41. The predicted octanol–water partition coefficient (Wildman–Crippen LogP) is 5.46. The van der Waals surface area contributed by atoms with Crippen LogP contribution in [0, 0.1) is 23.6 Å². The average Bonchev–Trinajstić information content (AvgIpc) is 2.33. The van der Waals surface area contributed by atoms with Gasteiger partial charge in [-0.25, -0.2) is 4.39 Å². The van der Waals surface area contributed by atoms with Crippen LogP contribution in [0.4, 0.5) is 10.1 Å². The molecule has 0 bridgehead atoms. The number of rotatable bonds is 3. The minimum Gasteiger partial charge on any atom is -0.382 e. The van der Waals surface area contributed by atoms with Crippen LogP contribution in [0.15, 0.2) is 22.7 Å². The summed E-state index contributed by atoms with van der Waals surface area (Å²) in [6.45, 7) is 6.89. The Morgan fingerprint density at radius 1 is 1.32 bits per heavy atom. The van der Waals surface area contributed by atoms with Gasteiger partial charge in [-0.1, -0.05) is 27.2 Å². The first-order chi connectivity index (χ1) is 8.97. The molecule has 1 aromatic carbocycles. The van der Waals surface area contributed by atoms with Crippen molar-refractivity contribution in [3.05, 3.63) is 28.5 Å². The van der Waals surface area contributed by atoms with Crippen molar-refractivity contribution in [2.24, 2.45) is 17.8 Å². The average molecular weight is 328 g/mol. The van der Waals surface area contributed by atoms with Crippen molar-refractivity contribution in [2.75, 3.05) is 5.32 Å². The van der Waals surface area contributed by atoms with Crippen molar-refractivity contribution < 1.29 is 4.39 Å². The maximum absolute atomic E-state index is 13.6. The van der Waals surface area contributed by atoms with Gasteiger partial charge in [0, 0.05) is 11.7 Å². The van der Waals surface area contributed by atoms with Gasteiger partial charge in [0.2, 0.25) is 0 Å². The van der Waals surface area contributed by atoms with Crippen LogP contribution in [0.2, 0.25) is 0 Å². The summed E-state index contributed by atoms with van der Waals surface area (Å²) in [4.78, 5) is 0. The Hall–Kier alpha value is -0.570. The summed E-state index contributed by atoms with van der Waals surface area (Å²) >= 11 is 3.20. The van der Waals surface area contributed by atoms with E-state index in [-0.39, 0.29) is 5.82 Å². The largest absolute Gasteiger partial charge is 0.382 e. The van der Waals surface area contributed by atoms with Crippen LogP contribution in [0.3, 0.4) is 0 Å². The maximum Gasteiger partial charge on any atom is 0.139 e. The summed E-state index contributed by atoms with van der Waals surface area (Å²) in [5.41, 5.74) is 0.894. The van der Waals surface area contributed by atoms with Gasteiger partial charge in [-0.15, -0.1) is 0 Å². The van der Waals surface area contributed by atoms with Gasteiger partial charge in [-0.05, 0) is 64.7 Å². The lowest BCUT2D eigenvalue weighted by Gasteiger charge is -2.38. The van der Waals surface area contributed by atoms with E-state index in [4.69, 9.17) is 0 Å². The van der Waals surface area contributed by atoms with Crippen molar-refractivity contribution in [1.29, 1.82) is 0 Å². The predicted molar refractivity (Wildman–Crippen MR) is 82.9 cm³/mol. The fourth-order valence-electron chi connectivity index (χ4n) is 3.17. The van der Waals surface area contributed by atoms with E-state index in [1.54, 1.807) is 12.1 Å². The number of hydrogen-bond donors (Lipinski definition) is 1. The minimum atomic E-state index is -0.199. The minimum absolute atomic E-state index is 0.199. The fraction of sp³-hybridized carbons (Fsp3) is 0.625. The summed E-state index contributed by atoms with van der Waals surface area (Å²) in [6, 6.07) is 5.77. The van der Waals surface area contributed by atoms with E-state index in [1.165, 1.54) is 19.3 Å². The van der Waals surface area contributed by atoms with Crippen LogP contribution in [-0.2, 0) is 0 Å². The molecule has 1 nitrogen and oxygen atoms in total. The second kappa shape index (κ2) is 6.25. The molecule has 1 fully saturated rings. The molecule has 1 aliphatic carbocycles. The van der Waals surface area contributed by atoms with Crippen LogP contribution in [-0.4, -0.2) is 6.04 Å². The Kier molecular flexibility index (Phi) is 4.88. The SMILES string of the molecule is CC1CCC(C(C)C)C(Nc2ccc(Br)c(F)c2)C1. The third kappa shape index (κ3) is 3.71. The standard InChI is InChI=1S/C16H23BrFN/c1-10(2)13-6-4-11(3)8-16(13)19-12-5-7-14(17)15(18)9-12/h5,7,9-11,13,16,19H,4,6,8H2,1-3H3. The summed E-state index contributed by atoms with van der Waals surface area (Å²) < 4.78 is 14.1. The highest BCUT2D eigenvalue weighted by molar-refractivity contribution is 9.10. The molecule has 0 heterocycles. The molecule has 0 spiro atoms. The molecule has 0 aliphatic heterocycles. The first-order valence-corrected chi connectivity index (χ1v) is 7.98. The molecule has 3 unspecified atom stereocenters. The van der Waals surface area contributed by atoms with Crippen molar-refractivity contribution >= 4 is 21.6 Å². The van der Waals surface area contributed by atoms with E-state index < -0.39 is 0 Å². The number of nitrogens with one attached hydrogen (secondary N) is 1. The second-order valence-corrected chi connectivity index (χ2v) is 7.06. The number of halogens is 2. The Bertz CT molecular complexity index is 433. The van der Waals surface area contributed by atoms with Gasteiger partial charge in [0.15, 0.2) is 0 Å². The van der Waals surface area contributed by atoms with Gasteiger partial charge in [0.1, 0.15) is 5.82 Å². The second-order valence-electron chi connectivity index (χ2n) is 6.21. The van der Waals surface area contributed by atoms with Crippen LogP contribution in [0.1, 0.15) is 40.0 Å². The Morgan fingerprint density at radius 2 is 2.05 bits per heavy atom. The van der Waals surface area contributed by atoms with Gasteiger partial charge in [0.25, 0.3) is 0 Å². The van der Waals surface area contributed by atoms with E-state index >= 15 is 0 Å². The van der Waals surface area contributed by atoms with Crippen molar-refractivity contribution in [2.45, 2.75) is 46.1 Å². The Morgan fingerprint density at radius 3 is 2.68 bits per heavy atom. The third-order valence-electron chi connectivity index (χ3n) is 4.29. The molecule has 0 saturated heterocycles. The van der Waals surface area contributed by atoms with Crippen LogP contribution < -0.4 is 5.32 Å². The zero-order valence-corrected chi connectivity index (χ0v) is 13.5. The molecule has 3 atom stereocenters. The molecular weight excluding hydrogens is 305 g/mol. The van der Waals surface area contributed by atoms with E-state index in [2.05, 4.69) is 42.0 Å². The lowest BCUT2D eigenvalue weighted by Crippen LogP contribution is -2.37. The smallest absolute Gasteiger partial charge is 0.139 e. The highest BCUT2D eigenvalue weighted by Crippen LogP contribution is 2.35. The van der Waals surface area contributed by atoms with Gasteiger partial charge >= 0.3 is 0 Å². The van der Waals surface area contributed by atoms with Crippen molar-refractivity contribution in [1.82, 2.24) is 0 Å². The zero-order valence-electron chi connectivity index (χ0n) is 11.9. The monoisotopic (exact) mass is 327 g/mol. The lowest BCUT2D eigenvalue weighted by atomic mass is 9.74.